The number of aromatic nitrogens is 2. The first-order valence-corrected chi connectivity index (χ1v) is 7.70. The van der Waals surface area contributed by atoms with Crippen LogP contribution in [0.25, 0.3) is 0 Å². The van der Waals surface area contributed by atoms with Gasteiger partial charge in [0.2, 0.25) is 0 Å². The third kappa shape index (κ3) is 4.17. The third-order valence-electron chi connectivity index (χ3n) is 3.00. The summed E-state index contributed by atoms with van der Waals surface area (Å²) in [6, 6.07) is 9.90. The van der Waals surface area contributed by atoms with Crippen LogP contribution in [0.1, 0.15) is 16.2 Å². The van der Waals surface area contributed by atoms with Crippen LogP contribution >= 0.6 is 11.7 Å². The Morgan fingerprint density at radius 3 is 2.46 bits per heavy atom. The second-order valence-electron chi connectivity index (χ2n) is 4.71. The number of rotatable bonds is 5. The molecule has 0 saturated heterocycles. The molecule has 0 unspecified atom stereocenters. The molecule has 0 saturated carbocycles. The van der Waals surface area contributed by atoms with Gasteiger partial charge in [0, 0.05) is 11.4 Å². The number of furan rings is 1. The molecule has 3 rings (SSSR count). The van der Waals surface area contributed by atoms with Gasteiger partial charge in [0.1, 0.15) is 5.76 Å². The number of anilines is 2. The highest BCUT2D eigenvalue weighted by molar-refractivity contribution is 6.99. The quantitative estimate of drug-likeness (QED) is 0.660. The molecule has 0 atom stereocenters. The van der Waals surface area contributed by atoms with Crippen molar-refractivity contribution in [2.45, 2.75) is 6.54 Å². The fourth-order valence-electron chi connectivity index (χ4n) is 1.85. The van der Waals surface area contributed by atoms with Crippen LogP contribution in [0.3, 0.4) is 0 Å². The highest BCUT2D eigenvalue weighted by Gasteiger charge is 2.09. The Morgan fingerprint density at radius 1 is 1.08 bits per heavy atom. The van der Waals surface area contributed by atoms with Crippen molar-refractivity contribution in [3.8, 4) is 0 Å². The van der Waals surface area contributed by atoms with Gasteiger partial charge >= 0.3 is 6.03 Å². The highest BCUT2D eigenvalue weighted by Crippen LogP contribution is 2.14. The summed E-state index contributed by atoms with van der Waals surface area (Å²) in [4.78, 5) is 23.6. The zero-order valence-electron chi connectivity index (χ0n) is 12.4. The summed E-state index contributed by atoms with van der Waals surface area (Å²) in [7, 11) is 0. The fourth-order valence-corrected chi connectivity index (χ4v) is 2.26. The van der Waals surface area contributed by atoms with Crippen molar-refractivity contribution in [2.75, 3.05) is 10.6 Å². The van der Waals surface area contributed by atoms with Crippen molar-refractivity contribution in [1.29, 1.82) is 0 Å². The Morgan fingerprint density at radius 2 is 1.83 bits per heavy atom. The van der Waals surface area contributed by atoms with E-state index in [1.165, 1.54) is 6.20 Å². The van der Waals surface area contributed by atoms with E-state index in [0.717, 1.165) is 11.7 Å². The minimum absolute atomic E-state index is 0.263. The molecule has 1 aromatic carbocycles. The van der Waals surface area contributed by atoms with E-state index in [1.807, 2.05) is 0 Å². The van der Waals surface area contributed by atoms with Crippen LogP contribution in [-0.4, -0.2) is 20.7 Å². The average molecular weight is 343 g/mol. The Hall–Kier alpha value is -3.20. The van der Waals surface area contributed by atoms with Crippen LogP contribution in [0, 0.1) is 0 Å². The molecule has 0 aliphatic heterocycles. The van der Waals surface area contributed by atoms with Crippen molar-refractivity contribution >= 4 is 35.0 Å². The molecule has 2 aromatic heterocycles. The monoisotopic (exact) mass is 343 g/mol. The summed E-state index contributed by atoms with van der Waals surface area (Å²) in [6.07, 6.45) is 2.95. The number of benzene rings is 1. The second-order valence-corrected chi connectivity index (χ2v) is 5.27. The van der Waals surface area contributed by atoms with Crippen molar-refractivity contribution in [3.05, 3.63) is 60.3 Å². The molecule has 3 amide bonds. The first-order valence-electron chi connectivity index (χ1n) is 6.97. The molecule has 0 aliphatic rings. The van der Waals surface area contributed by atoms with Crippen LogP contribution in [0.5, 0.6) is 0 Å². The van der Waals surface area contributed by atoms with E-state index in [0.29, 0.717) is 23.7 Å². The summed E-state index contributed by atoms with van der Waals surface area (Å²) in [5.74, 6) is 0.334. The van der Waals surface area contributed by atoms with Crippen LogP contribution in [0.2, 0.25) is 0 Å². The number of amides is 3. The smallest absolute Gasteiger partial charge is 0.319 e. The first-order chi connectivity index (χ1) is 11.7. The molecule has 122 valence electrons. The SMILES string of the molecule is O=C(NCc1ccco1)Nc1ccc(NC(=O)c2cnsn2)cc1. The largest absolute Gasteiger partial charge is 0.467 e. The lowest BCUT2D eigenvalue weighted by molar-refractivity contribution is 0.102. The summed E-state index contributed by atoms with van der Waals surface area (Å²) in [6.45, 7) is 0.300. The van der Waals surface area contributed by atoms with Crippen molar-refractivity contribution in [2.24, 2.45) is 0 Å². The number of nitrogens with one attached hydrogen (secondary N) is 3. The minimum Gasteiger partial charge on any atom is -0.467 e. The minimum atomic E-state index is -0.350. The second kappa shape index (κ2) is 7.38. The molecule has 0 fully saturated rings. The van der Waals surface area contributed by atoms with E-state index >= 15 is 0 Å². The van der Waals surface area contributed by atoms with E-state index < -0.39 is 0 Å². The molecular weight excluding hydrogens is 330 g/mol. The van der Waals surface area contributed by atoms with Crippen LogP contribution < -0.4 is 16.0 Å². The maximum atomic E-state index is 11.8. The van der Waals surface area contributed by atoms with Gasteiger partial charge in [-0.1, -0.05) is 0 Å². The Labute approximate surface area is 141 Å². The number of urea groups is 1. The molecule has 3 N–H and O–H groups in total. The van der Waals surface area contributed by atoms with Gasteiger partial charge in [0.15, 0.2) is 5.69 Å². The standard InChI is InChI=1S/C15H13N5O3S/c21-14(13-9-17-24-20-13)18-10-3-5-11(6-4-10)19-15(22)16-8-12-2-1-7-23-12/h1-7,9H,8H2,(H,18,21)(H2,16,19,22). The summed E-state index contributed by atoms with van der Waals surface area (Å²) < 4.78 is 12.8. The lowest BCUT2D eigenvalue weighted by atomic mass is 10.2. The molecule has 2 heterocycles. The van der Waals surface area contributed by atoms with E-state index in [-0.39, 0.29) is 17.6 Å². The number of carbonyl (C=O) groups is 2. The number of nitrogens with zero attached hydrogens (tertiary/aromatic N) is 2. The molecule has 24 heavy (non-hydrogen) atoms. The summed E-state index contributed by atoms with van der Waals surface area (Å²) in [5, 5.41) is 8.05. The van der Waals surface area contributed by atoms with Gasteiger partial charge in [-0.05, 0) is 36.4 Å². The maximum absolute atomic E-state index is 11.8. The molecule has 8 nitrogen and oxygen atoms in total. The molecule has 3 aromatic rings. The van der Waals surface area contributed by atoms with Crippen molar-refractivity contribution in [3.63, 3.8) is 0 Å². The predicted octanol–water partition coefficient (Wildman–Crippen LogP) is 2.71. The van der Waals surface area contributed by atoms with Crippen LogP contribution in [0.4, 0.5) is 16.2 Å². The predicted molar refractivity (Wildman–Crippen MR) is 88.9 cm³/mol. The Kier molecular flexibility index (Phi) is 4.82. The summed E-state index contributed by atoms with van der Waals surface area (Å²) >= 11 is 0.969. The molecule has 0 radical (unpaired) electrons. The normalized spacial score (nSPS) is 10.2. The highest BCUT2D eigenvalue weighted by atomic mass is 32.1. The van der Waals surface area contributed by atoms with Gasteiger partial charge in [-0.3, -0.25) is 4.79 Å². The first kappa shape index (κ1) is 15.7. The number of carbonyl (C=O) groups excluding carboxylic acids is 2. The molecule has 0 bridgehead atoms. The summed E-state index contributed by atoms with van der Waals surface area (Å²) in [5.41, 5.74) is 1.45. The fraction of sp³-hybridized carbons (Fsp3) is 0.0667. The van der Waals surface area contributed by atoms with Crippen LogP contribution in [-0.2, 0) is 6.54 Å². The van der Waals surface area contributed by atoms with E-state index in [9.17, 15) is 9.59 Å². The van der Waals surface area contributed by atoms with Crippen molar-refractivity contribution in [1.82, 2.24) is 14.1 Å². The zero-order valence-corrected chi connectivity index (χ0v) is 13.2. The topological polar surface area (TPSA) is 109 Å². The van der Waals surface area contributed by atoms with Gasteiger partial charge in [-0.25, -0.2) is 4.79 Å². The van der Waals surface area contributed by atoms with E-state index in [1.54, 1.807) is 42.7 Å². The van der Waals surface area contributed by atoms with Gasteiger partial charge in [-0.15, -0.1) is 0 Å². The lowest BCUT2D eigenvalue weighted by Crippen LogP contribution is -2.27. The molecule has 9 heteroatoms. The van der Waals surface area contributed by atoms with E-state index in [4.69, 9.17) is 4.42 Å². The molecule has 0 spiro atoms. The lowest BCUT2D eigenvalue weighted by Gasteiger charge is -2.08. The zero-order chi connectivity index (χ0) is 16.8. The van der Waals surface area contributed by atoms with Gasteiger partial charge in [0.05, 0.1) is 30.7 Å². The molecule has 0 aliphatic carbocycles. The van der Waals surface area contributed by atoms with Crippen molar-refractivity contribution < 1.29 is 14.0 Å². The van der Waals surface area contributed by atoms with Gasteiger partial charge in [0.25, 0.3) is 5.91 Å². The third-order valence-corrected chi connectivity index (χ3v) is 3.48. The number of hydrogen-bond donors (Lipinski definition) is 3. The average Bonchev–Trinajstić information content (AvgIpc) is 3.28. The maximum Gasteiger partial charge on any atom is 0.319 e. The number of hydrogen-bond acceptors (Lipinski definition) is 6. The van der Waals surface area contributed by atoms with Crippen LogP contribution in [0.15, 0.2) is 53.3 Å². The Bertz CT molecular complexity index is 800. The van der Waals surface area contributed by atoms with E-state index in [2.05, 4.69) is 24.7 Å². The van der Waals surface area contributed by atoms with Gasteiger partial charge < -0.3 is 20.4 Å². The van der Waals surface area contributed by atoms with Gasteiger partial charge in [-0.2, -0.15) is 8.75 Å². The molecular formula is C15H13N5O3S. The Balaban J connectivity index is 1.50.